The first kappa shape index (κ1) is 21.9. The number of carbonyl (C=O) groups is 2. The third-order valence-electron chi connectivity index (χ3n) is 5.50. The normalized spacial score (nSPS) is 17.8. The van der Waals surface area contributed by atoms with Gasteiger partial charge >= 0.3 is 5.97 Å². The highest BCUT2D eigenvalue weighted by atomic mass is 16.5. The number of nitrogens with zero attached hydrogens (tertiary/aromatic N) is 7. The number of rotatable bonds is 5. The molecule has 11 heteroatoms. The van der Waals surface area contributed by atoms with Crippen molar-refractivity contribution in [3.63, 3.8) is 0 Å². The molecule has 168 valence electrons. The summed E-state index contributed by atoms with van der Waals surface area (Å²) in [7, 11) is 1.23. The maximum atomic E-state index is 13.5. The van der Waals surface area contributed by atoms with Gasteiger partial charge in [-0.25, -0.2) is 9.78 Å². The van der Waals surface area contributed by atoms with E-state index in [4.69, 9.17) is 9.47 Å². The van der Waals surface area contributed by atoms with E-state index in [2.05, 4.69) is 20.4 Å². The minimum Gasteiger partial charge on any atom is -0.472 e. The Kier molecular flexibility index (Phi) is 6.26. The standard InChI is InChI=1S/C22H21N7O4/c1-14-7-8-16(33-20-19(22(31)32-2)15(11-23)9-10-24-20)12-28(14)21(30)17-5-3-4-6-18(17)29-26-13-25-27-29/h3-6,9-10,13-14,16H,7-8,12H2,1-2H3/t14-,16-/m1/s1. The van der Waals surface area contributed by atoms with E-state index in [9.17, 15) is 14.9 Å². The molecule has 2 atom stereocenters. The van der Waals surface area contributed by atoms with Crippen molar-refractivity contribution < 1.29 is 19.1 Å². The van der Waals surface area contributed by atoms with Crippen LogP contribution in [0.1, 0.15) is 46.0 Å². The third-order valence-corrected chi connectivity index (χ3v) is 5.50. The van der Waals surface area contributed by atoms with Crippen LogP contribution in [-0.4, -0.2) is 67.8 Å². The predicted octanol–water partition coefficient (Wildman–Crippen LogP) is 1.79. The molecule has 3 aromatic rings. The number of para-hydroxylation sites is 1. The molecular formula is C22H21N7O4. The Hall–Kier alpha value is -4.33. The molecule has 0 spiro atoms. The van der Waals surface area contributed by atoms with Crippen LogP contribution in [0, 0.1) is 11.3 Å². The summed E-state index contributed by atoms with van der Waals surface area (Å²) in [5.74, 6) is -0.892. The van der Waals surface area contributed by atoms with Gasteiger partial charge in [-0.05, 0) is 43.2 Å². The molecule has 0 aliphatic carbocycles. The molecule has 1 aliphatic rings. The number of pyridine rings is 1. The summed E-state index contributed by atoms with van der Waals surface area (Å²) >= 11 is 0. The Morgan fingerprint density at radius 1 is 1.21 bits per heavy atom. The quantitative estimate of drug-likeness (QED) is 0.536. The zero-order valence-corrected chi connectivity index (χ0v) is 18.1. The number of likely N-dealkylation sites (tertiary alicyclic amines) is 1. The number of tetrazole rings is 1. The first-order valence-electron chi connectivity index (χ1n) is 10.3. The van der Waals surface area contributed by atoms with Crippen LogP contribution in [0.3, 0.4) is 0 Å². The molecule has 3 heterocycles. The topological polar surface area (TPSA) is 136 Å². The average Bonchev–Trinajstić information content (AvgIpc) is 3.39. The van der Waals surface area contributed by atoms with E-state index in [0.29, 0.717) is 24.1 Å². The number of aromatic nitrogens is 5. The average molecular weight is 447 g/mol. The van der Waals surface area contributed by atoms with Gasteiger partial charge in [0.2, 0.25) is 5.88 Å². The molecule has 1 aliphatic heterocycles. The van der Waals surface area contributed by atoms with Crippen molar-refractivity contribution in [1.29, 1.82) is 5.26 Å². The van der Waals surface area contributed by atoms with Crippen molar-refractivity contribution >= 4 is 11.9 Å². The molecule has 1 amide bonds. The maximum absolute atomic E-state index is 13.5. The van der Waals surface area contributed by atoms with Crippen LogP contribution in [0.4, 0.5) is 0 Å². The van der Waals surface area contributed by atoms with Gasteiger partial charge in [-0.3, -0.25) is 4.79 Å². The van der Waals surface area contributed by atoms with Crippen molar-refractivity contribution in [3.05, 3.63) is 59.5 Å². The smallest absolute Gasteiger partial charge is 0.344 e. The van der Waals surface area contributed by atoms with E-state index in [1.54, 1.807) is 29.2 Å². The van der Waals surface area contributed by atoms with Gasteiger partial charge in [0.15, 0.2) is 6.33 Å². The molecule has 0 saturated carbocycles. The van der Waals surface area contributed by atoms with Gasteiger partial charge in [-0.2, -0.15) is 5.26 Å². The molecule has 0 N–H and O–H groups in total. The zero-order valence-electron chi connectivity index (χ0n) is 18.1. The lowest BCUT2D eigenvalue weighted by molar-refractivity contribution is 0.0358. The van der Waals surface area contributed by atoms with Gasteiger partial charge in [0, 0.05) is 12.2 Å². The van der Waals surface area contributed by atoms with Crippen molar-refractivity contribution in [1.82, 2.24) is 30.1 Å². The van der Waals surface area contributed by atoms with E-state index in [1.807, 2.05) is 13.0 Å². The highest BCUT2D eigenvalue weighted by molar-refractivity contribution is 5.98. The van der Waals surface area contributed by atoms with E-state index >= 15 is 0 Å². The van der Waals surface area contributed by atoms with Crippen molar-refractivity contribution in [2.24, 2.45) is 0 Å². The first-order chi connectivity index (χ1) is 16.0. The summed E-state index contributed by atoms with van der Waals surface area (Å²) in [4.78, 5) is 32.9. The second kappa shape index (κ2) is 9.44. The molecule has 1 saturated heterocycles. The summed E-state index contributed by atoms with van der Waals surface area (Å²) in [6.07, 6.45) is 3.61. The largest absolute Gasteiger partial charge is 0.472 e. The summed E-state index contributed by atoms with van der Waals surface area (Å²) < 4.78 is 10.8. The fraction of sp³-hybridized carbons (Fsp3) is 0.318. The maximum Gasteiger partial charge on any atom is 0.344 e. The fourth-order valence-electron chi connectivity index (χ4n) is 3.80. The fourth-order valence-corrected chi connectivity index (χ4v) is 3.80. The molecule has 0 unspecified atom stereocenters. The van der Waals surface area contributed by atoms with Crippen LogP contribution in [-0.2, 0) is 4.74 Å². The molecule has 0 bridgehead atoms. The third kappa shape index (κ3) is 4.36. The SMILES string of the molecule is COC(=O)c1c(C#N)ccnc1O[C@@H]1CC[C@@H](C)N(C(=O)c2ccccc2-n2ncnn2)C1. The Morgan fingerprint density at radius 2 is 2.03 bits per heavy atom. The number of benzene rings is 1. The van der Waals surface area contributed by atoms with Crippen LogP contribution >= 0.6 is 0 Å². The second-order valence-electron chi connectivity index (χ2n) is 7.51. The molecule has 1 fully saturated rings. The second-order valence-corrected chi connectivity index (χ2v) is 7.51. The Bertz CT molecular complexity index is 1210. The van der Waals surface area contributed by atoms with E-state index in [1.165, 1.54) is 30.5 Å². The number of amides is 1. The molecule has 4 rings (SSSR count). The van der Waals surface area contributed by atoms with Crippen LogP contribution in [0.2, 0.25) is 0 Å². The van der Waals surface area contributed by atoms with E-state index < -0.39 is 12.1 Å². The summed E-state index contributed by atoms with van der Waals surface area (Å²) in [6.45, 7) is 2.25. The lowest BCUT2D eigenvalue weighted by atomic mass is 9.99. The van der Waals surface area contributed by atoms with Crippen molar-refractivity contribution in [2.75, 3.05) is 13.7 Å². The van der Waals surface area contributed by atoms with Gasteiger partial charge < -0.3 is 14.4 Å². The highest BCUT2D eigenvalue weighted by Gasteiger charge is 2.33. The number of esters is 1. The molecular weight excluding hydrogens is 426 g/mol. The minimum atomic E-state index is -0.707. The van der Waals surface area contributed by atoms with Crippen molar-refractivity contribution in [2.45, 2.75) is 31.9 Å². The number of carbonyl (C=O) groups excluding carboxylic acids is 2. The molecule has 0 radical (unpaired) electrons. The van der Waals surface area contributed by atoms with Crippen LogP contribution in [0.25, 0.3) is 5.69 Å². The number of methoxy groups -OCH3 is 1. The molecule has 11 nitrogen and oxygen atoms in total. The number of ether oxygens (including phenoxy) is 2. The monoisotopic (exact) mass is 447 g/mol. The minimum absolute atomic E-state index is 0.0140. The Balaban J connectivity index is 1.59. The van der Waals surface area contributed by atoms with Gasteiger partial charge in [-0.15, -0.1) is 15.0 Å². The van der Waals surface area contributed by atoms with Gasteiger partial charge in [0.05, 0.1) is 24.8 Å². The number of nitriles is 1. The summed E-state index contributed by atoms with van der Waals surface area (Å²) in [6, 6.07) is 10.4. The van der Waals surface area contributed by atoms with Gasteiger partial charge in [0.1, 0.15) is 23.4 Å². The Labute approximate surface area is 189 Å². The lowest BCUT2D eigenvalue weighted by Gasteiger charge is -2.38. The predicted molar refractivity (Wildman–Crippen MR) is 114 cm³/mol. The van der Waals surface area contributed by atoms with Gasteiger partial charge in [-0.1, -0.05) is 12.1 Å². The first-order valence-corrected chi connectivity index (χ1v) is 10.3. The van der Waals surface area contributed by atoms with Crippen LogP contribution < -0.4 is 4.74 Å². The zero-order chi connectivity index (χ0) is 23.4. The van der Waals surface area contributed by atoms with E-state index in [-0.39, 0.29) is 35.5 Å². The lowest BCUT2D eigenvalue weighted by Crippen LogP contribution is -2.49. The van der Waals surface area contributed by atoms with Crippen molar-refractivity contribution in [3.8, 4) is 17.6 Å². The number of hydrogen-bond acceptors (Lipinski definition) is 9. The Morgan fingerprint density at radius 3 is 2.76 bits per heavy atom. The highest BCUT2D eigenvalue weighted by Crippen LogP contribution is 2.27. The number of hydrogen-bond donors (Lipinski definition) is 0. The van der Waals surface area contributed by atoms with Gasteiger partial charge in [0.25, 0.3) is 5.91 Å². The number of piperidine rings is 1. The molecule has 2 aromatic heterocycles. The van der Waals surface area contributed by atoms with Crippen LogP contribution in [0.15, 0.2) is 42.9 Å². The summed E-state index contributed by atoms with van der Waals surface area (Å²) in [5, 5.41) is 21.0. The van der Waals surface area contributed by atoms with E-state index in [0.717, 1.165) is 0 Å². The van der Waals surface area contributed by atoms with Crippen LogP contribution in [0.5, 0.6) is 5.88 Å². The summed E-state index contributed by atoms with van der Waals surface area (Å²) in [5.41, 5.74) is 1.04. The molecule has 1 aromatic carbocycles. The molecule has 33 heavy (non-hydrogen) atoms.